The summed E-state index contributed by atoms with van der Waals surface area (Å²) in [5.41, 5.74) is 1.47. The van der Waals surface area contributed by atoms with Crippen molar-refractivity contribution in [3.8, 4) is 0 Å². The average molecular weight is 234 g/mol. The molecule has 1 aliphatic carbocycles. The predicted molar refractivity (Wildman–Crippen MR) is 66.1 cm³/mol. The highest BCUT2D eigenvalue weighted by molar-refractivity contribution is 5.24. The molecule has 3 rings (SSSR count). The minimum atomic E-state index is -0.164. The van der Waals surface area contributed by atoms with E-state index in [0.717, 1.165) is 6.42 Å². The van der Waals surface area contributed by atoms with Crippen molar-refractivity contribution in [1.29, 1.82) is 0 Å². The monoisotopic (exact) mass is 234 g/mol. The molecule has 1 unspecified atom stereocenters. The van der Waals surface area contributed by atoms with Gasteiger partial charge in [0.25, 0.3) is 0 Å². The van der Waals surface area contributed by atoms with Gasteiger partial charge in [-0.3, -0.25) is 10.6 Å². The van der Waals surface area contributed by atoms with Gasteiger partial charge in [-0.1, -0.05) is 12.1 Å². The lowest BCUT2D eigenvalue weighted by molar-refractivity contribution is 0.159. The molecule has 17 heavy (non-hydrogen) atoms. The Bertz CT molecular complexity index is 414. The third kappa shape index (κ3) is 2.22. The second-order valence-electron chi connectivity index (χ2n) is 5.98. The summed E-state index contributed by atoms with van der Waals surface area (Å²) in [6.45, 7) is 4.34. The largest absolute Gasteiger partial charge is 0.294 e. The van der Waals surface area contributed by atoms with Crippen LogP contribution in [0.25, 0.3) is 0 Å². The van der Waals surface area contributed by atoms with Crippen molar-refractivity contribution >= 4 is 0 Å². The lowest BCUT2D eigenvalue weighted by atomic mass is 9.91. The number of halogens is 1. The Morgan fingerprint density at radius 2 is 1.82 bits per heavy atom. The maximum atomic E-state index is 12.9. The van der Waals surface area contributed by atoms with Gasteiger partial charge in [-0.15, -0.1) is 0 Å². The van der Waals surface area contributed by atoms with Crippen LogP contribution in [0.3, 0.4) is 0 Å². The van der Waals surface area contributed by atoms with Crippen LogP contribution in [-0.4, -0.2) is 11.2 Å². The molecule has 1 saturated carbocycles. The molecule has 1 spiro atoms. The van der Waals surface area contributed by atoms with Gasteiger partial charge in [0.05, 0.1) is 5.66 Å². The summed E-state index contributed by atoms with van der Waals surface area (Å²) in [7, 11) is 0. The van der Waals surface area contributed by atoms with Gasteiger partial charge < -0.3 is 0 Å². The topological polar surface area (TPSA) is 24.1 Å². The molecule has 92 valence electrons. The van der Waals surface area contributed by atoms with E-state index in [-0.39, 0.29) is 11.5 Å². The smallest absolute Gasteiger partial charge is 0.123 e. The highest BCUT2D eigenvalue weighted by Gasteiger charge is 2.50. The first-order valence-corrected chi connectivity index (χ1v) is 6.31. The molecule has 1 atom stereocenters. The molecule has 1 heterocycles. The third-order valence-corrected chi connectivity index (χ3v) is 3.83. The van der Waals surface area contributed by atoms with Gasteiger partial charge >= 0.3 is 0 Å². The van der Waals surface area contributed by atoms with Crippen molar-refractivity contribution in [2.75, 3.05) is 0 Å². The Labute approximate surface area is 102 Å². The standard InChI is InChI=1S/C14H19FN2/c1-13(2)16-12(9-14(17-13)7-8-14)10-3-5-11(15)6-4-10/h3-6,12,16-17H,7-9H2,1-2H3. The molecule has 3 heteroatoms. The highest BCUT2D eigenvalue weighted by Crippen LogP contribution is 2.46. The molecule has 1 aromatic rings. The van der Waals surface area contributed by atoms with Gasteiger partial charge in [-0.05, 0) is 50.8 Å². The minimum Gasteiger partial charge on any atom is -0.294 e. The summed E-state index contributed by atoms with van der Waals surface area (Å²) >= 11 is 0. The van der Waals surface area contributed by atoms with Crippen LogP contribution in [0, 0.1) is 5.82 Å². The Kier molecular flexibility index (Phi) is 2.32. The number of hydrogen-bond donors (Lipinski definition) is 2. The fraction of sp³-hybridized carbons (Fsp3) is 0.571. The van der Waals surface area contributed by atoms with Gasteiger partial charge in [-0.2, -0.15) is 0 Å². The van der Waals surface area contributed by atoms with Crippen LogP contribution in [0.15, 0.2) is 24.3 Å². The van der Waals surface area contributed by atoms with Gasteiger partial charge in [0.2, 0.25) is 0 Å². The van der Waals surface area contributed by atoms with Gasteiger partial charge in [0, 0.05) is 11.6 Å². The van der Waals surface area contributed by atoms with Crippen LogP contribution < -0.4 is 10.6 Å². The molecule has 2 N–H and O–H groups in total. The summed E-state index contributed by atoms with van der Waals surface area (Å²) < 4.78 is 12.9. The fourth-order valence-corrected chi connectivity index (χ4v) is 3.00. The Morgan fingerprint density at radius 3 is 2.41 bits per heavy atom. The van der Waals surface area contributed by atoms with E-state index in [4.69, 9.17) is 0 Å². The van der Waals surface area contributed by atoms with Crippen molar-refractivity contribution < 1.29 is 4.39 Å². The van der Waals surface area contributed by atoms with Gasteiger partial charge in [0.1, 0.15) is 5.82 Å². The first kappa shape index (κ1) is 11.2. The zero-order valence-electron chi connectivity index (χ0n) is 10.4. The number of hydrogen-bond acceptors (Lipinski definition) is 2. The summed E-state index contributed by atoms with van der Waals surface area (Å²) in [5, 5.41) is 7.26. The molecule has 2 nitrogen and oxygen atoms in total. The quantitative estimate of drug-likeness (QED) is 0.780. The molecule has 1 aromatic carbocycles. The van der Waals surface area contributed by atoms with Crippen LogP contribution in [0.1, 0.15) is 44.7 Å². The van der Waals surface area contributed by atoms with Crippen molar-refractivity contribution in [2.45, 2.75) is 50.4 Å². The number of rotatable bonds is 1. The summed E-state index contributed by atoms with van der Waals surface area (Å²) in [6, 6.07) is 7.21. The molecular weight excluding hydrogens is 215 g/mol. The minimum absolute atomic E-state index is 0.0478. The summed E-state index contributed by atoms with van der Waals surface area (Å²) in [5.74, 6) is -0.164. The fourth-order valence-electron chi connectivity index (χ4n) is 3.00. The number of nitrogens with one attached hydrogen (secondary N) is 2. The van der Waals surface area contributed by atoms with Crippen LogP contribution in [0.4, 0.5) is 4.39 Å². The van der Waals surface area contributed by atoms with Crippen molar-refractivity contribution in [1.82, 2.24) is 10.6 Å². The van der Waals surface area contributed by atoms with Crippen LogP contribution >= 0.6 is 0 Å². The van der Waals surface area contributed by atoms with Crippen LogP contribution in [0.5, 0.6) is 0 Å². The molecular formula is C14H19FN2. The molecule has 2 aliphatic rings. The van der Waals surface area contributed by atoms with E-state index < -0.39 is 0 Å². The van der Waals surface area contributed by atoms with E-state index in [9.17, 15) is 4.39 Å². The number of benzene rings is 1. The average Bonchev–Trinajstić information content (AvgIpc) is 2.95. The second-order valence-corrected chi connectivity index (χ2v) is 5.98. The lowest BCUT2D eigenvalue weighted by Gasteiger charge is -2.44. The zero-order chi connectivity index (χ0) is 12.1. The predicted octanol–water partition coefficient (Wildman–Crippen LogP) is 2.72. The van der Waals surface area contributed by atoms with Crippen molar-refractivity contribution in [3.05, 3.63) is 35.6 Å². The third-order valence-electron chi connectivity index (χ3n) is 3.83. The van der Waals surface area contributed by atoms with E-state index in [1.807, 2.05) is 12.1 Å². The highest BCUT2D eigenvalue weighted by atomic mass is 19.1. The first-order chi connectivity index (χ1) is 7.98. The maximum absolute atomic E-state index is 12.9. The van der Waals surface area contributed by atoms with E-state index in [1.54, 1.807) is 12.1 Å². The molecule has 0 aromatic heterocycles. The van der Waals surface area contributed by atoms with Crippen molar-refractivity contribution in [3.63, 3.8) is 0 Å². The van der Waals surface area contributed by atoms with Gasteiger partial charge in [0.15, 0.2) is 0 Å². The zero-order valence-corrected chi connectivity index (χ0v) is 10.4. The second kappa shape index (κ2) is 3.53. The van der Waals surface area contributed by atoms with Gasteiger partial charge in [-0.25, -0.2) is 4.39 Å². The Balaban J connectivity index is 1.85. The normalized spacial score (nSPS) is 29.2. The molecule has 2 fully saturated rings. The van der Waals surface area contributed by atoms with Crippen molar-refractivity contribution in [2.24, 2.45) is 0 Å². The lowest BCUT2D eigenvalue weighted by Crippen LogP contribution is -2.63. The molecule has 0 radical (unpaired) electrons. The maximum Gasteiger partial charge on any atom is 0.123 e. The van der Waals surface area contributed by atoms with E-state index >= 15 is 0 Å². The summed E-state index contributed by atoms with van der Waals surface area (Å²) in [6.07, 6.45) is 3.62. The van der Waals surface area contributed by atoms with E-state index in [0.29, 0.717) is 11.6 Å². The first-order valence-electron chi connectivity index (χ1n) is 6.31. The summed E-state index contributed by atoms with van der Waals surface area (Å²) in [4.78, 5) is 0. The van der Waals surface area contributed by atoms with E-state index in [1.165, 1.54) is 18.4 Å². The SMILES string of the molecule is CC1(C)NC(c2ccc(F)cc2)CC2(CC2)N1. The Morgan fingerprint density at radius 1 is 1.18 bits per heavy atom. The molecule has 1 saturated heterocycles. The van der Waals surface area contributed by atoms with Crippen LogP contribution in [-0.2, 0) is 0 Å². The molecule has 0 amide bonds. The molecule has 0 bridgehead atoms. The molecule has 1 aliphatic heterocycles. The Hall–Kier alpha value is -0.930. The van der Waals surface area contributed by atoms with E-state index in [2.05, 4.69) is 24.5 Å². The van der Waals surface area contributed by atoms with Crippen LogP contribution in [0.2, 0.25) is 0 Å².